The van der Waals surface area contributed by atoms with Crippen molar-refractivity contribution in [1.82, 2.24) is 0 Å². The zero-order chi connectivity index (χ0) is 17.1. The molecule has 0 aliphatic rings. The van der Waals surface area contributed by atoms with Crippen molar-refractivity contribution in [2.24, 2.45) is 3.77 Å². The molecule has 0 aliphatic heterocycles. The van der Waals surface area contributed by atoms with Crippen molar-refractivity contribution in [2.45, 2.75) is 29.5 Å². The van der Waals surface area contributed by atoms with E-state index in [1.165, 1.54) is 12.1 Å². The van der Waals surface area contributed by atoms with Gasteiger partial charge in [0.25, 0.3) is 10.0 Å². The van der Waals surface area contributed by atoms with Gasteiger partial charge in [0, 0.05) is 16.5 Å². The van der Waals surface area contributed by atoms with Crippen LogP contribution >= 0.6 is 11.6 Å². The van der Waals surface area contributed by atoms with Crippen LogP contribution in [0.4, 0.5) is 0 Å². The third-order valence-electron chi connectivity index (χ3n) is 3.37. The Morgan fingerprint density at radius 2 is 1.43 bits per heavy atom. The van der Waals surface area contributed by atoms with Crippen LogP contribution in [0.25, 0.3) is 0 Å². The molecule has 124 valence electrons. The van der Waals surface area contributed by atoms with Gasteiger partial charge in [-0.05, 0) is 36.8 Å². The zero-order valence-electron chi connectivity index (χ0n) is 12.9. The Morgan fingerprint density at radius 3 is 1.91 bits per heavy atom. The van der Waals surface area contributed by atoms with Gasteiger partial charge in [0.05, 0.1) is 14.6 Å². The smallest absolute Gasteiger partial charge is 0.244 e. The first-order valence-electron chi connectivity index (χ1n) is 7.03. The fourth-order valence-electron chi connectivity index (χ4n) is 1.97. The van der Waals surface area contributed by atoms with Crippen molar-refractivity contribution in [1.29, 1.82) is 0 Å². The third-order valence-corrected chi connectivity index (χ3v) is 8.09. The van der Waals surface area contributed by atoms with E-state index < -0.39 is 19.8 Å². The van der Waals surface area contributed by atoms with Gasteiger partial charge in [0.2, 0.25) is 0 Å². The largest absolute Gasteiger partial charge is 0.290 e. The lowest BCUT2D eigenvalue weighted by atomic mass is 10.2. The topological polar surface area (TPSA) is 63.6 Å². The number of rotatable bonds is 5. The Morgan fingerprint density at radius 1 is 0.913 bits per heavy atom. The normalized spacial score (nSPS) is 14.2. The molecule has 0 bridgehead atoms. The van der Waals surface area contributed by atoms with Gasteiger partial charge < -0.3 is 0 Å². The summed E-state index contributed by atoms with van der Waals surface area (Å²) < 4.78 is 41.7. The monoisotopic (exact) mass is 371 g/mol. The van der Waals surface area contributed by atoms with Gasteiger partial charge in [-0.25, -0.2) is 4.21 Å². The van der Waals surface area contributed by atoms with Gasteiger partial charge in [-0.2, -0.15) is 8.42 Å². The first-order chi connectivity index (χ1) is 10.8. The minimum Gasteiger partial charge on any atom is -0.244 e. The number of aryl methyl sites for hydroxylation is 1. The molecule has 0 amide bonds. The Hall–Kier alpha value is -1.37. The second kappa shape index (κ2) is 7.03. The van der Waals surface area contributed by atoms with Crippen molar-refractivity contribution in [3.05, 3.63) is 59.7 Å². The lowest BCUT2D eigenvalue weighted by molar-refractivity contribution is 0.598. The van der Waals surface area contributed by atoms with Gasteiger partial charge in [-0.3, -0.25) is 0 Å². The Kier molecular flexibility index (Phi) is 5.49. The Labute approximate surface area is 142 Å². The number of hydrogen-bond donors (Lipinski definition) is 0. The Bertz CT molecular complexity index is 895. The maximum absolute atomic E-state index is 13.0. The molecule has 1 atom stereocenters. The van der Waals surface area contributed by atoms with Gasteiger partial charge in [0.1, 0.15) is 0 Å². The van der Waals surface area contributed by atoms with E-state index in [0.717, 1.165) is 11.1 Å². The average Bonchev–Trinajstić information content (AvgIpc) is 2.55. The van der Waals surface area contributed by atoms with Gasteiger partial charge in [0.15, 0.2) is 0 Å². The van der Waals surface area contributed by atoms with E-state index >= 15 is 0 Å². The van der Waals surface area contributed by atoms with E-state index in [1.54, 1.807) is 43.3 Å². The van der Waals surface area contributed by atoms with E-state index in [9.17, 15) is 12.6 Å². The molecule has 0 aromatic heterocycles. The van der Waals surface area contributed by atoms with E-state index in [-0.39, 0.29) is 10.6 Å². The number of alkyl halides is 1. The van der Waals surface area contributed by atoms with E-state index in [4.69, 9.17) is 11.6 Å². The highest BCUT2D eigenvalue weighted by atomic mass is 35.5. The number of nitrogens with zero attached hydrogens (tertiary/aromatic N) is 1. The number of sulfonamides is 1. The van der Waals surface area contributed by atoms with Crippen LogP contribution in [0.5, 0.6) is 0 Å². The lowest BCUT2D eigenvalue weighted by Gasteiger charge is -2.09. The molecule has 0 spiro atoms. The molecular formula is C16H18ClNO3S2. The molecule has 0 N–H and O–H groups in total. The fraction of sp³-hybridized carbons (Fsp3) is 0.250. The second-order valence-corrected chi connectivity index (χ2v) is 9.68. The zero-order valence-corrected chi connectivity index (χ0v) is 15.3. The summed E-state index contributed by atoms with van der Waals surface area (Å²) in [4.78, 5) is 0.436. The van der Waals surface area contributed by atoms with Crippen LogP contribution in [-0.2, 0) is 25.6 Å². The lowest BCUT2D eigenvalue weighted by Crippen LogP contribution is -2.09. The molecule has 2 rings (SSSR count). The first kappa shape index (κ1) is 18.0. The summed E-state index contributed by atoms with van der Waals surface area (Å²) >= 11 is 5.74. The first-order valence-corrected chi connectivity index (χ1v) is 10.7. The molecule has 0 saturated carbocycles. The summed E-state index contributed by atoms with van der Waals surface area (Å²) in [6.45, 7) is 3.52. The van der Waals surface area contributed by atoms with Crippen LogP contribution < -0.4 is 0 Å². The average molecular weight is 372 g/mol. The molecular weight excluding hydrogens is 354 g/mol. The molecule has 7 heteroatoms. The summed E-state index contributed by atoms with van der Waals surface area (Å²) in [5, 5.41) is 0. The quantitative estimate of drug-likeness (QED) is 0.747. The highest BCUT2D eigenvalue weighted by Gasteiger charge is 2.19. The molecule has 2 aromatic carbocycles. The minimum atomic E-state index is -3.99. The summed E-state index contributed by atoms with van der Waals surface area (Å²) in [5.74, 6) is 0.449. The van der Waals surface area contributed by atoms with Crippen LogP contribution in [0.15, 0.2) is 62.1 Å². The molecule has 0 saturated heterocycles. The van der Waals surface area contributed by atoms with Crippen molar-refractivity contribution >= 4 is 31.4 Å². The predicted octanol–water partition coefficient (Wildman–Crippen LogP) is 3.97. The van der Waals surface area contributed by atoms with Crippen LogP contribution in [-0.4, -0.2) is 18.4 Å². The number of halogens is 1. The Balaban J connectivity index is 2.54. The standard InChI is InChI=1S/C16H18ClNO3S2/c1-3-22(19,15-10-6-14(12-17)7-11-15)18-23(20,21)16-8-4-13(2)5-9-16/h4-11H,3,12H2,1-2H3. The van der Waals surface area contributed by atoms with Gasteiger partial charge in [-0.15, -0.1) is 15.4 Å². The molecule has 1 unspecified atom stereocenters. The van der Waals surface area contributed by atoms with Crippen molar-refractivity contribution in [2.75, 3.05) is 5.75 Å². The van der Waals surface area contributed by atoms with E-state index in [2.05, 4.69) is 3.77 Å². The maximum atomic E-state index is 13.0. The summed E-state index contributed by atoms with van der Waals surface area (Å²) in [6.07, 6.45) is 0. The number of benzene rings is 2. The third kappa shape index (κ3) is 4.13. The van der Waals surface area contributed by atoms with E-state index in [1.807, 2.05) is 6.92 Å². The second-order valence-electron chi connectivity index (χ2n) is 5.07. The minimum absolute atomic E-state index is 0.0432. The molecule has 23 heavy (non-hydrogen) atoms. The van der Waals surface area contributed by atoms with Crippen molar-refractivity contribution in [3.63, 3.8) is 0 Å². The van der Waals surface area contributed by atoms with Crippen LogP contribution in [0.3, 0.4) is 0 Å². The van der Waals surface area contributed by atoms with Crippen LogP contribution in [0.2, 0.25) is 0 Å². The predicted molar refractivity (Wildman–Crippen MR) is 93.7 cm³/mol. The highest BCUT2D eigenvalue weighted by Crippen LogP contribution is 2.21. The van der Waals surface area contributed by atoms with Crippen LogP contribution in [0.1, 0.15) is 18.1 Å². The van der Waals surface area contributed by atoms with Gasteiger partial charge in [-0.1, -0.05) is 36.8 Å². The summed E-state index contributed by atoms with van der Waals surface area (Å²) in [7, 11) is -7.04. The van der Waals surface area contributed by atoms with Crippen molar-refractivity contribution in [3.8, 4) is 0 Å². The number of hydrogen-bond acceptors (Lipinski definition) is 3. The van der Waals surface area contributed by atoms with Crippen LogP contribution in [0, 0.1) is 6.92 Å². The molecule has 0 fully saturated rings. The molecule has 0 heterocycles. The van der Waals surface area contributed by atoms with E-state index in [0.29, 0.717) is 10.8 Å². The van der Waals surface area contributed by atoms with Gasteiger partial charge >= 0.3 is 0 Å². The molecule has 0 aliphatic carbocycles. The van der Waals surface area contributed by atoms with Crippen molar-refractivity contribution < 1.29 is 12.6 Å². The highest BCUT2D eigenvalue weighted by molar-refractivity contribution is 8.03. The summed E-state index contributed by atoms with van der Waals surface area (Å²) in [5.41, 5.74) is 1.81. The molecule has 2 aromatic rings. The summed E-state index contributed by atoms with van der Waals surface area (Å²) in [6, 6.07) is 13.0. The molecule has 4 nitrogen and oxygen atoms in total. The molecule has 0 radical (unpaired) electrons. The SMILES string of the molecule is CCS(=O)(=NS(=O)(=O)c1ccc(C)cc1)c1ccc(CCl)cc1. The fourth-order valence-corrected chi connectivity index (χ4v) is 5.90. The maximum Gasteiger partial charge on any atom is 0.290 e.